The SMILES string of the molecule is CC1(NCCc2ccc(Cl)cc2F)CC1. The zero-order chi connectivity index (χ0) is 10.9. The van der Waals surface area contributed by atoms with Crippen LogP contribution < -0.4 is 5.32 Å². The molecule has 0 amide bonds. The van der Waals surface area contributed by atoms with E-state index in [-0.39, 0.29) is 5.82 Å². The lowest BCUT2D eigenvalue weighted by molar-refractivity contribution is 0.531. The molecule has 82 valence electrons. The Morgan fingerprint density at radius 3 is 2.80 bits per heavy atom. The minimum absolute atomic E-state index is 0.203. The fraction of sp³-hybridized carbons (Fsp3) is 0.500. The maximum atomic E-state index is 13.4. The van der Waals surface area contributed by atoms with Crippen LogP contribution in [0.4, 0.5) is 4.39 Å². The highest BCUT2D eigenvalue weighted by Crippen LogP contribution is 2.34. The van der Waals surface area contributed by atoms with Crippen LogP contribution in [0.1, 0.15) is 25.3 Å². The topological polar surface area (TPSA) is 12.0 Å². The molecule has 15 heavy (non-hydrogen) atoms. The van der Waals surface area contributed by atoms with Gasteiger partial charge in [0.2, 0.25) is 0 Å². The van der Waals surface area contributed by atoms with Crippen molar-refractivity contribution in [1.29, 1.82) is 0 Å². The fourth-order valence-electron chi connectivity index (χ4n) is 1.59. The van der Waals surface area contributed by atoms with Gasteiger partial charge in [0.15, 0.2) is 0 Å². The van der Waals surface area contributed by atoms with Crippen LogP contribution >= 0.6 is 11.6 Å². The summed E-state index contributed by atoms with van der Waals surface area (Å²) in [5.41, 5.74) is 1.05. The van der Waals surface area contributed by atoms with Crippen molar-refractivity contribution in [1.82, 2.24) is 5.32 Å². The maximum absolute atomic E-state index is 13.4. The molecule has 1 N–H and O–H groups in total. The number of hydrogen-bond acceptors (Lipinski definition) is 1. The van der Waals surface area contributed by atoms with E-state index < -0.39 is 0 Å². The van der Waals surface area contributed by atoms with Crippen molar-refractivity contribution < 1.29 is 4.39 Å². The molecule has 0 aromatic heterocycles. The summed E-state index contributed by atoms with van der Waals surface area (Å²) in [6.07, 6.45) is 3.19. The van der Waals surface area contributed by atoms with Gasteiger partial charge in [0.1, 0.15) is 5.82 Å². The van der Waals surface area contributed by atoms with Gasteiger partial charge in [-0.05, 0) is 50.4 Å². The summed E-state index contributed by atoms with van der Waals surface area (Å²) in [4.78, 5) is 0. The Morgan fingerprint density at radius 2 is 2.20 bits per heavy atom. The number of benzene rings is 1. The zero-order valence-corrected chi connectivity index (χ0v) is 9.57. The van der Waals surface area contributed by atoms with Gasteiger partial charge in [0, 0.05) is 10.6 Å². The molecule has 0 spiro atoms. The van der Waals surface area contributed by atoms with Crippen LogP contribution in [0.15, 0.2) is 18.2 Å². The lowest BCUT2D eigenvalue weighted by Crippen LogP contribution is -2.29. The lowest BCUT2D eigenvalue weighted by atomic mass is 10.1. The van der Waals surface area contributed by atoms with Gasteiger partial charge in [0.25, 0.3) is 0 Å². The van der Waals surface area contributed by atoms with Gasteiger partial charge in [-0.25, -0.2) is 4.39 Å². The molecule has 0 bridgehead atoms. The predicted molar refractivity (Wildman–Crippen MR) is 60.8 cm³/mol. The molecule has 0 radical (unpaired) electrons. The fourth-order valence-corrected chi connectivity index (χ4v) is 1.75. The molecule has 0 unspecified atom stereocenters. The highest BCUT2D eigenvalue weighted by molar-refractivity contribution is 6.30. The van der Waals surface area contributed by atoms with Crippen LogP contribution in [-0.2, 0) is 6.42 Å². The second-order valence-electron chi connectivity index (χ2n) is 4.47. The molecule has 1 aromatic carbocycles. The Bertz CT molecular complexity index is 361. The first-order valence-electron chi connectivity index (χ1n) is 5.28. The van der Waals surface area contributed by atoms with E-state index >= 15 is 0 Å². The van der Waals surface area contributed by atoms with E-state index in [2.05, 4.69) is 12.2 Å². The highest BCUT2D eigenvalue weighted by Gasteiger charge is 2.36. The Morgan fingerprint density at radius 1 is 1.47 bits per heavy atom. The molecule has 1 fully saturated rings. The zero-order valence-electron chi connectivity index (χ0n) is 8.82. The van der Waals surface area contributed by atoms with Crippen LogP contribution in [-0.4, -0.2) is 12.1 Å². The third-order valence-electron chi connectivity index (χ3n) is 2.96. The Hall–Kier alpha value is -0.600. The van der Waals surface area contributed by atoms with Gasteiger partial charge < -0.3 is 5.32 Å². The van der Waals surface area contributed by atoms with Crippen molar-refractivity contribution in [3.8, 4) is 0 Å². The maximum Gasteiger partial charge on any atom is 0.127 e. The minimum atomic E-state index is -0.203. The quantitative estimate of drug-likeness (QED) is 0.833. The first-order valence-corrected chi connectivity index (χ1v) is 5.66. The van der Waals surface area contributed by atoms with Crippen LogP contribution in [0, 0.1) is 5.82 Å². The largest absolute Gasteiger partial charge is 0.311 e. The van der Waals surface area contributed by atoms with Gasteiger partial charge in [-0.2, -0.15) is 0 Å². The molecule has 0 heterocycles. The van der Waals surface area contributed by atoms with Gasteiger partial charge >= 0.3 is 0 Å². The molecule has 0 atom stereocenters. The van der Waals surface area contributed by atoms with Gasteiger partial charge in [-0.15, -0.1) is 0 Å². The monoisotopic (exact) mass is 227 g/mol. The summed E-state index contributed by atoms with van der Waals surface area (Å²) in [5.74, 6) is -0.203. The molecule has 1 nitrogen and oxygen atoms in total. The Labute approximate surface area is 94.6 Å². The van der Waals surface area contributed by atoms with Crippen LogP contribution in [0.3, 0.4) is 0 Å². The average Bonchev–Trinajstić information content (AvgIpc) is 2.88. The molecule has 1 saturated carbocycles. The first-order chi connectivity index (χ1) is 7.09. The molecule has 1 aliphatic rings. The summed E-state index contributed by atoms with van der Waals surface area (Å²) < 4.78 is 13.4. The average molecular weight is 228 g/mol. The standard InChI is InChI=1S/C12H15ClFN/c1-12(5-6-12)15-7-4-9-2-3-10(13)8-11(9)14/h2-3,8,15H,4-7H2,1H3. The molecular weight excluding hydrogens is 213 g/mol. The van der Waals surface area contributed by atoms with E-state index in [0.717, 1.165) is 18.5 Å². The first kappa shape index (κ1) is 10.9. The predicted octanol–water partition coefficient (Wildman–Crippen LogP) is 3.16. The van der Waals surface area contributed by atoms with E-state index in [9.17, 15) is 4.39 Å². The third kappa shape index (κ3) is 2.93. The number of halogens is 2. The van der Waals surface area contributed by atoms with Gasteiger partial charge in [-0.1, -0.05) is 17.7 Å². The van der Waals surface area contributed by atoms with E-state index in [0.29, 0.717) is 10.6 Å². The third-order valence-corrected chi connectivity index (χ3v) is 3.20. The van der Waals surface area contributed by atoms with E-state index in [1.165, 1.54) is 18.9 Å². The second kappa shape index (κ2) is 4.11. The van der Waals surface area contributed by atoms with Gasteiger partial charge in [-0.3, -0.25) is 0 Å². The highest BCUT2D eigenvalue weighted by atomic mass is 35.5. The second-order valence-corrected chi connectivity index (χ2v) is 4.91. The number of rotatable bonds is 4. The summed E-state index contributed by atoms with van der Waals surface area (Å²) in [6, 6.07) is 4.86. The van der Waals surface area contributed by atoms with Crippen molar-refractivity contribution in [3.05, 3.63) is 34.6 Å². The summed E-state index contributed by atoms with van der Waals surface area (Å²) in [5, 5.41) is 3.88. The van der Waals surface area contributed by atoms with Crippen molar-refractivity contribution in [2.45, 2.75) is 31.7 Å². The van der Waals surface area contributed by atoms with Crippen LogP contribution in [0.5, 0.6) is 0 Å². The number of nitrogens with one attached hydrogen (secondary N) is 1. The smallest absolute Gasteiger partial charge is 0.127 e. The van der Waals surface area contributed by atoms with Crippen molar-refractivity contribution in [2.75, 3.05) is 6.54 Å². The molecule has 0 saturated heterocycles. The van der Waals surface area contributed by atoms with Crippen LogP contribution in [0.25, 0.3) is 0 Å². The minimum Gasteiger partial charge on any atom is -0.311 e. The lowest BCUT2D eigenvalue weighted by Gasteiger charge is -2.11. The van der Waals surface area contributed by atoms with Gasteiger partial charge in [0.05, 0.1) is 0 Å². The van der Waals surface area contributed by atoms with Crippen molar-refractivity contribution in [3.63, 3.8) is 0 Å². The number of hydrogen-bond donors (Lipinski definition) is 1. The van der Waals surface area contributed by atoms with E-state index in [1.54, 1.807) is 12.1 Å². The Kier molecular flexibility index (Phi) is 2.98. The molecular formula is C12H15ClFN. The van der Waals surface area contributed by atoms with E-state index in [4.69, 9.17) is 11.6 Å². The van der Waals surface area contributed by atoms with Crippen LogP contribution in [0.2, 0.25) is 5.02 Å². The summed E-state index contributed by atoms with van der Waals surface area (Å²) in [7, 11) is 0. The summed E-state index contributed by atoms with van der Waals surface area (Å²) in [6.45, 7) is 3.03. The van der Waals surface area contributed by atoms with Crippen molar-refractivity contribution in [2.24, 2.45) is 0 Å². The van der Waals surface area contributed by atoms with Crippen molar-refractivity contribution >= 4 is 11.6 Å². The normalized spacial score (nSPS) is 17.8. The van der Waals surface area contributed by atoms with E-state index in [1.807, 2.05) is 0 Å². The molecule has 1 aliphatic carbocycles. The molecule has 0 aliphatic heterocycles. The molecule has 3 heteroatoms. The molecule has 2 rings (SSSR count). The Balaban J connectivity index is 1.87. The summed E-state index contributed by atoms with van der Waals surface area (Å²) >= 11 is 5.68. The molecule has 1 aromatic rings.